The predicted octanol–water partition coefficient (Wildman–Crippen LogP) is 4.82. The van der Waals surface area contributed by atoms with E-state index >= 15 is 0 Å². The molecule has 0 aliphatic heterocycles. The van der Waals surface area contributed by atoms with Gasteiger partial charge in [-0.25, -0.2) is 4.39 Å². The maximum atomic E-state index is 13.8. The highest BCUT2D eigenvalue weighted by Gasteiger charge is 2.22. The van der Waals surface area contributed by atoms with Crippen LogP contribution in [0, 0.1) is 5.82 Å². The number of rotatable bonds is 4. The third-order valence-corrected chi connectivity index (χ3v) is 3.80. The fourth-order valence-electron chi connectivity index (χ4n) is 1.97. The number of hydrogen-bond acceptors (Lipinski definition) is 2. The highest BCUT2D eigenvalue weighted by Crippen LogP contribution is 2.43. The van der Waals surface area contributed by atoms with Gasteiger partial charge in [0.25, 0.3) is 0 Å². The van der Waals surface area contributed by atoms with Crippen molar-refractivity contribution in [3.05, 3.63) is 58.4 Å². The minimum Gasteiger partial charge on any atom is -0.495 e. The van der Waals surface area contributed by atoms with Gasteiger partial charge in [-0.1, -0.05) is 29.8 Å². The van der Waals surface area contributed by atoms with Crippen LogP contribution in [0.2, 0.25) is 5.02 Å². The first-order valence-electron chi connectivity index (χ1n) is 5.89. The zero-order chi connectivity index (χ0) is 14.7. The Morgan fingerprint density at radius 1 is 1.00 bits per heavy atom. The SMILES string of the molecule is COc1ccc(C(Cl)c2ccccc2F)c(OC)c1Cl. The molecule has 0 aliphatic rings. The second kappa shape index (κ2) is 6.33. The minimum atomic E-state index is -0.699. The lowest BCUT2D eigenvalue weighted by Crippen LogP contribution is -2.01. The maximum absolute atomic E-state index is 13.8. The molecule has 2 aromatic carbocycles. The van der Waals surface area contributed by atoms with E-state index in [9.17, 15) is 4.39 Å². The lowest BCUT2D eigenvalue weighted by Gasteiger charge is -2.17. The fraction of sp³-hybridized carbons (Fsp3) is 0.200. The Morgan fingerprint density at radius 3 is 2.30 bits per heavy atom. The molecular formula is C15H13Cl2FO2. The Hall–Kier alpha value is -1.45. The van der Waals surface area contributed by atoms with Gasteiger partial charge < -0.3 is 9.47 Å². The van der Waals surface area contributed by atoms with Crippen molar-refractivity contribution >= 4 is 23.2 Å². The summed E-state index contributed by atoms with van der Waals surface area (Å²) in [6.07, 6.45) is 0. The molecule has 0 amide bonds. The Kier molecular flexibility index (Phi) is 4.73. The van der Waals surface area contributed by atoms with Crippen molar-refractivity contribution < 1.29 is 13.9 Å². The van der Waals surface area contributed by atoms with Crippen molar-refractivity contribution in [2.45, 2.75) is 5.38 Å². The van der Waals surface area contributed by atoms with E-state index < -0.39 is 5.38 Å². The Morgan fingerprint density at radius 2 is 1.70 bits per heavy atom. The van der Waals surface area contributed by atoms with Crippen LogP contribution < -0.4 is 9.47 Å². The van der Waals surface area contributed by atoms with E-state index in [2.05, 4.69) is 0 Å². The largest absolute Gasteiger partial charge is 0.495 e. The Balaban J connectivity index is 2.53. The molecule has 2 aromatic rings. The molecule has 0 fully saturated rings. The predicted molar refractivity (Wildman–Crippen MR) is 78.7 cm³/mol. The van der Waals surface area contributed by atoms with Crippen molar-refractivity contribution in [3.63, 3.8) is 0 Å². The zero-order valence-corrected chi connectivity index (χ0v) is 12.5. The lowest BCUT2D eigenvalue weighted by molar-refractivity contribution is 0.391. The molecule has 2 nitrogen and oxygen atoms in total. The number of methoxy groups -OCH3 is 2. The van der Waals surface area contributed by atoms with Crippen molar-refractivity contribution in [1.82, 2.24) is 0 Å². The summed E-state index contributed by atoms with van der Waals surface area (Å²) in [7, 11) is 2.99. The van der Waals surface area contributed by atoms with E-state index in [0.29, 0.717) is 27.6 Å². The summed E-state index contributed by atoms with van der Waals surface area (Å²) in [5, 5.41) is -0.385. The van der Waals surface area contributed by atoms with Gasteiger partial charge in [0.15, 0.2) is 0 Å². The van der Waals surface area contributed by atoms with E-state index in [0.717, 1.165) is 0 Å². The first-order valence-corrected chi connectivity index (χ1v) is 6.70. The van der Waals surface area contributed by atoms with Crippen LogP contribution in [0.3, 0.4) is 0 Å². The summed E-state index contributed by atoms with van der Waals surface area (Å²) in [5.74, 6) is 0.487. The van der Waals surface area contributed by atoms with Crippen LogP contribution in [0.5, 0.6) is 11.5 Å². The average molecular weight is 315 g/mol. The molecule has 0 saturated carbocycles. The highest BCUT2D eigenvalue weighted by molar-refractivity contribution is 6.34. The average Bonchev–Trinajstić information content (AvgIpc) is 2.46. The van der Waals surface area contributed by atoms with E-state index in [-0.39, 0.29) is 5.82 Å². The highest BCUT2D eigenvalue weighted by atomic mass is 35.5. The first-order chi connectivity index (χ1) is 9.60. The summed E-state index contributed by atoms with van der Waals surface area (Å²) >= 11 is 12.6. The van der Waals surface area contributed by atoms with Gasteiger partial charge >= 0.3 is 0 Å². The van der Waals surface area contributed by atoms with Gasteiger partial charge in [0.2, 0.25) is 0 Å². The van der Waals surface area contributed by atoms with Crippen LogP contribution in [0.1, 0.15) is 16.5 Å². The van der Waals surface area contributed by atoms with Gasteiger partial charge in [0.05, 0.1) is 19.6 Å². The second-order valence-electron chi connectivity index (χ2n) is 4.09. The van der Waals surface area contributed by atoms with Crippen molar-refractivity contribution in [1.29, 1.82) is 0 Å². The van der Waals surface area contributed by atoms with Crippen LogP contribution in [-0.4, -0.2) is 14.2 Å². The fourth-order valence-corrected chi connectivity index (χ4v) is 2.64. The van der Waals surface area contributed by atoms with Crippen LogP contribution >= 0.6 is 23.2 Å². The van der Waals surface area contributed by atoms with Gasteiger partial charge in [-0.2, -0.15) is 0 Å². The summed E-state index contributed by atoms with van der Waals surface area (Å²) in [6.45, 7) is 0. The molecule has 0 saturated heterocycles. The van der Waals surface area contributed by atoms with Crippen molar-refractivity contribution in [3.8, 4) is 11.5 Å². The topological polar surface area (TPSA) is 18.5 Å². The summed E-state index contributed by atoms with van der Waals surface area (Å²) in [6, 6.07) is 9.73. The van der Waals surface area contributed by atoms with E-state index in [4.69, 9.17) is 32.7 Å². The Bertz CT molecular complexity index is 617. The Labute approximate surface area is 127 Å². The summed E-state index contributed by atoms with van der Waals surface area (Å²) in [5.41, 5.74) is 0.957. The van der Waals surface area contributed by atoms with Crippen LogP contribution in [0.25, 0.3) is 0 Å². The maximum Gasteiger partial charge on any atom is 0.146 e. The number of alkyl halides is 1. The van der Waals surface area contributed by atoms with Gasteiger partial charge in [-0.05, 0) is 18.2 Å². The molecule has 0 aromatic heterocycles. The number of hydrogen-bond donors (Lipinski definition) is 0. The molecular weight excluding hydrogens is 302 g/mol. The molecule has 0 radical (unpaired) electrons. The number of halogens is 3. The third kappa shape index (κ3) is 2.69. The number of ether oxygens (including phenoxy) is 2. The monoisotopic (exact) mass is 314 g/mol. The van der Waals surface area contributed by atoms with Crippen molar-refractivity contribution in [2.24, 2.45) is 0 Å². The molecule has 2 rings (SSSR count). The number of benzene rings is 2. The van der Waals surface area contributed by atoms with Gasteiger partial charge in [0, 0.05) is 11.1 Å². The van der Waals surface area contributed by atoms with Crippen molar-refractivity contribution in [2.75, 3.05) is 14.2 Å². The van der Waals surface area contributed by atoms with Gasteiger partial charge in [-0.3, -0.25) is 0 Å². The van der Waals surface area contributed by atoms with E-state index in [1.54, 1.807) is 30.3 Å². The lowest BCUT2D eigenvalue weighted by atomic mass is 10.0. The second-order valence-corrected chi connectivity index (χ2v) is 4.90. The molecule has 1 atom stereocenters. The first kappa shape index (κ1) is 14.9. The smallest absolute Gasteiger partial charge is 0.146 e. The normalized spacial score (nSPS) is 12.1. The van der Waals surface area contributed by atoms with E-state index in [1.165, 1.54) is 20.3 Å². The molecule has 0 N–H and O–H groups in total. The standard InChI is InChI=1S/C15H13Cl2FO2/c1-19-12-8-7-10(15(20-2)14(12)17)13(16)9-5-3-4-6-11(9)18/h3-8,13H,1-2H3. The van der Waals surface area contributed by atoms with Crippen LogP contribution in [0.4, 0.5) is 4.39 Å². The minimum absolute atomic E-state index is 0.314. The molecule has 5 heteroatoms. The van der Waals surface area contributed by atoms with E-state index in [1.807, 2.05) is 0 Å². The molecule has 0 bridgehead atoms. The van der Waals surface area contributed by atoms with Gasteiger partial charge in [0.1, 0.15) is 22.3 Å². The molecule has 0 spiro atoms. The molecule has 1 unspecified atom stereocenters. The van der Waals surface area contributed by atoms with Crippen LogP contribution in [0.15, 0.2) is 36.4 Å². The van der Waals surface area contributed by atoms with Crippen LogP contribution in [-0.2, 0) is 0 Å². The summed E-state index contributed by atoms with van der Waals surface area (Å²) < 4.78 is 24.2. The molecule has 106 valence electrons. The zero-order valence-electron chi connectivity index (χ0n) is 11.0. The quantitative estimate of drug-likeness (QED) is 0.753. The van der Waals surface area contributed by atoms with Gasteiger partial charge in [-0.15, -0.1) is 11.6 Å². The molecule has 0 heterocycles. The summed E-state index contributed by atoms with van der Waals surface area (Å²) in [4.78, 5) is 0. The molecule has 0 aliphatic carbocycles. The molecule has 20 heavy (non-hydrogen) atoms. The third-order valence-electron chi connectivity index (χ3n) is 2.97.